The summed E-state index contributed by atoms with van der Waals surface area (Å²) < 4.78 is 0. The lowest BCUT2D eigenvalue weighted by atomic mass is 9.75. The molecular formula is C15H24N2. The van der Waals surface area contributed by atoms with E-state index in [1.165, 1.54) is 36.8 Å². The van der Waals surface area contributed by atoms with E-state index in [0.29, 0.717) is 11.5 Å². The molecule has 1 aliphatic carbocycles. The zero-order valence-corrected chi connectivity index (χ0v) is 11.3. The van der Waals surface area contributed by atoms with Crippen LogP contribution in [0.3, 0.4) is 0 Å². The lowest BCUT2D eigenvalue weighted by Crippen LogP contribution is -2.37. The van der Waals surface area contributed by atoms with Crippen molar-refractivity contribution in [2.75, 3.05) is 0 Å². The van der Waals surface area contributed by atoms with Gasteiger partial charge in [0.05, 0.1) is 0 Å². The second kappa shape index (κ2) is 5.18. The number of nitrogens with zero attached hydrogens (tertiary/aromatic N) is 1. The maximum Gasteiger partial charge on any atom is 0.0315 e. The molecule has 0 aromatic carbocycles. The Bertz CT molecular complexity index is 371. The maximum atomic E-state index is 4.20. The average molecular weight is 232 g/mol. The van der Waals surface area contributed by atoms with Gasteiger partial charge in [0.25, 0.3) is 0 Å². The standard InChI is InChI=1S/C15H24N2/c1-12-6-8-16-10-13(12)11-17-14-5-4-7-15(2,3)9-14/h6,8,10,14,17H,4-5,7,9,11H2,1-3H3. The van der Waals surface area contributed by atoms with E-state index in [2.05, 4.69) is 37.1 Å². The lowest BCUT2D eigenvalue weighted by molar-refractivity contribution is 0.197. The van der Waals surface area contributed by atoms with Gasteiger partial charge in [-0.1, -0.05) is 20.3 Å². The van der Waals surface area contributed by atoms with Crippen LogP contribution in [-0.2, 0) is 6.54 Å². The molecule has 1 aromatic rings. The first-order valence-electron chi connectivity index (χ1n) is 6.70. The van der Waals surface area contributed by atoms with Crippen molar-refractivity contribution in [3.05, 3.63) is 29.6 Å². The van der Waals surface area contributed by atoms with Gasteiger partial charge in [-0.3, -0.25) is 4.98 Å². The summed E-state index contributed by atoms with van der Waals surface area (Å²) in [5, 5.41) is 3.69. The van der Waals surface area contributed by atoms with Crippen molar-refractivity contribution in [2.24, 2.45) is 5.41 Å². The predicted molar refractivity (Wildman–Crippen MR) is 71.9 cm³/mol. The van der Waals surface area contributed by atoms with E-state index in [1.807, 2.05) is 12.4 Å². The van der Waals surface area contributed by atoms with Crippen LogP contribution in [-0.4, -0.2) is 11.0 Å². The maximum absolute atomic E-state index is 4.20. The molecule has 0 aliphatic heterocycles. The molecule has 1 saturated carbocycles. The van der Waals surface area contributed by atoms with Gasteiger partial charge in [-0.2, -0.15) is 0 Å². The molecule has 1 aromatic heterocycles. The molecule has 2 heteroatoms. The largest absolute Gasteiger partial charge is 0.310 e. The van der Waals surface area contributed by atoms with E-state index in [-0.39, 0.29) is 0 Å². The van der Waals surface area contributed by atoms with Crippen molar-refractivity contribution in [2.45, 2.75) is 59.0 Å². The van der Waals surface area contributed by atoms with Gasteiger partial charge in [-0.25, -0.2) is 0 Å². The molecule has 0 saturated heterocycles. The van der Waals surface area contributed by atoms with Crippen LogP contribution in [0.5, 0.6) is 0 Å². The van der Waals surface area contributed by atoms with E-state index in [9.17, 15) is 0 Å². The molecule has 0 radical (unpaired) electrons. The Hall–Kier alpha value is -0.890. The first kappa shape index (κ1) is 12.6. The van der Waals surface area contributed by atoms with Crippen LogP contribution in [0.15, 0.2) is 18.5 Å². The van der Waals surface area contributed by atoms with E-state index in [1.54, 1.807) is 0 Å². The number of hydrogen-bond donors (Lipinski definition) is 1. The smallest absolute Gasteiger partial charge is 0.0315 e. The number of pyridine rings is 1. The molecule has 1 fully saturated rings. The molecule has 1 N–H and O–H groups in total. The van der Waals surface area contributed by atoms with Gasteiger partial charge in [0.15, 0.2) is 0 Å². The lowest BCUT2D eigenvalue weighted by Gasteiger charge is -2.35. The van der Waals surface area contributed by atoms with E-state index < -0.39 is 0 Å². The van der Waals surface area contributed by atoms with Gasteiger partial charge in [0.1, 0.15) is 0 Å². The summed E-state index contributed by atoms with van der Waals surface area (Å²) in [5.74, 6) is 0. The van der Waals surface area contributed by atoms with Gasteiger partial charge in [0.2, 0.25) is 0 Å². The molecule has 0 spiro atoms. The summed E-state index contributed by atoms with van der Waals surface area (Å²) in [6.45, 7) is 7.89. The molecule has 1 atom stereocenters. The first-order chi connectivity index (χ1) is 8.07. The van der Waals surface area contributed by atoms with Crippen LogP contribution in [0.2, 0.25) is 0 Å². The van der Waals surface area contributed by atoms with Crippen LogP contribution in [0, 0.1) is 12.3 Å². The number of rotatable bonds is 3. The molecular weight excluding hydrogens is 208 g/mol. The topological polar surface area (TPSA) is 24.9 Å². The van der Waals surface area contributed by atoms with Crippen molar-refractivity contribution in [1.82, 2.24) is 10.3 Å². The summed E-state index contributed by atoms with van der Waals surface area (Å²) in [6, 6.07) is 2.76. The fraction of sp³-hybridized carbons (Fsp3) is 0.667. The number of aromatic nitrogens is 1. The van der Waals surface area contributed by atoms with Gasteiger partial charge in [-0.05, 0) is 48.8 Å². The van der Waals surface area contributed by atoms with Gasteiger partial charge < -0.3 is 5.32 Å². The zero-order chi connectivity index (χ0) is 12.3. The molecule has 0 amide bonds. The molecule has 94 valence electrons. The Morgan fingerprint density at radius 2 is 2.29 bits per heavy atom. The van der Waals surface area contributed by atoms with Crippen LogP contribution in [0.1, 0.15) is 50.7 Å². The zero-order valence-electron chi connectivity index (χ0n) is 11.3. The number of nitrogens with one attached hydrogen (secondary N) is 1. The predicted octanol–water partition coefficient (Wildman–Crippen LogP) is 3.45. The summed E-state index contributed by atoms with van der Waals surface area (Å²) in [6.07, 6.45) is 9.20. The van der Waals surface area contributed by atoms with Crippen LogP contribution < -0.4 is 5.32 Å². The highest BCUT2D eigenvalue weighted by Gasteiger charge is 2.27. The van der Waals surface area contributed by atoms with Crippen LogP contribution in [0.4, 0.5) is 0 Å². The van der Waals surface area contributed by atoms with Gasteiger partial charge in [0, 0.05) is 25.0 Å². The third-order valence-corrected chi connectivity index (χ3v) is 3.93. The molecule has 1 heterocycles. The Morgan fingerprint density at radius 3 is 3.00 bits per heavy atom. The summed E-state index contributed by atoms with van der Waals surface area (Å²) in [7, 11) is 0. The molecule has 1 unspecified atom stereocenters. The highest BCUT2D eigenvalue weighted by molar-refractivity contribution is 5.21. The summed E-state index contributed by atoms with van der Waals surface area (Å²) in [4.78, 5) is 4.20. The van der Waals surface area contributed by atoms with Gasteiger partial charge in [-0.15, -0.1) is 0 Å². The molecule has 2 rings (SSSR count). The fourth-order valence-electron chi connectivity index (χ4n) is 2.81. The van der Waals surface area contributed by atoms with E-state index in [0.717, 1.165) is 6.54 Å². The Labute approximate surface area is 105 Å². The molecule has 0 bridgehead atoms. The monoisotopic (exact) mass is 232 g/mol. The van der Waals surface area contributed by atoms with Crippen LogP contribution >= 0.6 is 0 Å². The molecule has 2 nitrogen and oxygen atoms in total. The second-order valence-electron chi connectivity index (χ2n) is 6.14. The Balaban J connectivity index is 1.88. The SMILES string of the molecule is Cc1ccncc1CNC1CCCC(C)(C)C1. The Kier molecular flexibility index (Phi) is 3.82. The highest BCUT2D eigenvalue weighted by Crippen LogP contribution is 2.35. The molecule has 17 heavy (non-hydrogen) atoms. The minimum atomic E-state index is 0.514. The van der Waals surface area contributed by atoms with Crippen molar-refractivity contribution in [1.29, 1.82) is 0 Å². The van der Waals surface area contributed by atoms with Crippen molar-refractivity contribution >= 4 is 0 Å². The molecule has 1 aliphatic rings. The second-order valence-corrected chi connectivity index (χ2v) is 6.14. The van der Waals surface area contributed by atoms with Crippen molar-refractivity contribution in [3.63, 3.8) is 0 Å². The number of hydrogen-bond acceptors (Lipinski definition) is 2. The fourth-order valence-corrected chi connectivity index (χ4v) is 2.81. The van der Waals surface area contributed by atoms with Crippen molar-refractivity contribution < 1.29 is 0 Å². The summed E-state index contributed by atoms with van der Waals surface area (Å²) in [5.41, 5.74) is 3.18. The third kappa shape index (κ3) is 3.53. The Morgan fingerprint density at radius 1 is 1.47 bits per heavy atom. The van der Waals surface area contributed by atoms with Gasteiger partial charge >= 0.3 is 0 Å². The summed E-state index contributed by atoms with van der Waals surface area (Å²) >= 11 is 0. The normalized spacial score (nSPS) is 23.6. The average Bonchev–Trinajstić information content (AvgIpc) is 2.27. The van der Waals surface area contributed by atoms with Crippen molar-refractivity contribution in [3.8, 4) is 0 Å². The van der Waals surface area contributed by atoms with E-state index >= 15 is 0 Å². The van der Waals surface area contributed by atoms with E-state index in [4.69, 9.17) is 0 Å². The minimum absolute atomic E-state index is 0.514. The third-order valence-electron chi connectivity index (χ3n) is 3.93. The first-order valence-corrected chi connectivity index (χ1v) is 6.70. The highest BCUT2D eigenvalue weighted by atomic mass is 14.9. The minimum Gasteiger partial charge on any atom is -0.310 e. The van der Waals surface area contributed by atoms with Crippen LogP contribution in [0.25, 0.3) is 0 Å². The number of aryl methyl sites for hydroxylation is 1. The quantitative estimate of drug-likeness (QED) is 0.863.